The van der Waals surface area contributed by atoms with E-state index in [0.717, 1.165) is 45.6 Å². The summed E-state index contributed by atoms with van der Waals surface area (Å²) in [7, 11) is 1.76. The summed E-state index contributed by atoms with van der Waals surface area (Å²) in [5, 5.41) is 3.67. The van der Waals surface area contributed by atoms with Crippen molar-refractivity contribution in [3.63, 3.8) is 0 Å². The smallest absolute Gasteiger partial charge is 0.222 e. The average Bonchev–Trinajstić information content (AvgIpc) is 2.91. The Hall–Kier alpha value is -0.650. The Morgan fingerprint density at radius 3 is 2.61 bits per heavy atom. The van der Waals surface area contributed by atoms with Crippen LogP contribution in [-0.2, 0) is 9.53 Å². The number of hydrogen-bond acceptors (Lipinski definition) is 4. The molecular formula is C18H33N3O2. The number of rotatable bonds is 6. The summed E-state index contributed by atoms with van der Waals surface area (Å²) in [5.41, 5.74) is 0. The summed E-state index contributed by atoms with van der Waals surface area (Å²) in [6.07, 6.45) is 6.89. The number of ether oxygens (including phenoxy) is 1. The lowest BCUT2D eigenvalue weighted by atomic mass is 9.89. The van der Waals surface area contributed by atoms with E-state index in [1.54, 1.807) is 7.11 Å². The van der Waals surface area contributed by atoms with E-state index in [9.17, 15) is 4.79 Å². The lowest BCUT2D eigenvalue weighted by molar-refractivity contribution is -0.135. The van der Waals surface area contributed by atoms with E-state index in [1.165, 1.54) is 25.7 Å². The molecule has 1 N–H and O–H groups in total. The normalized spacial score (nSPS) is 34.8. The summed E-state index contributed by atoms with van der Waals surface area (Å²) in [5.74, 6) is 0.994. The molecule has 0 aromatic heterocycles. The number of carbonyl (C=O) groups is 1. The fraction of sp³-hybridized carbons (Fsp3) is 0.944. The van der Waals surface area contributed by atoms with Gasteiger partial charge in [0.2, 0.25) is 5.91 Å². The van der Waals surface area contributed by atoms with Crippen molar-refractivity contribution in [2.75, 3.05) is 39.9 Å². The summed E-state index contributed by atoms with van der Waals surface area (Å²) >= 11 is 0. The summed E-state index contributed by atoms with van der Waals surface area (Å²) in [6.45, 7) is 6.76. The first-order valence-corrected chi connectivity index (χ1v) is 9.46. The van der Waals surface area contributed by atoms with Crippen LogP contribution in [0.3, 0.4) is 0 Å². The number of piperazine rings is 1. The van der Waals surface area contributed by atoms with Crippen molar-refractivity contribution >= 4 is 5.91 Å². The maximum atomic E-state index is 12.7. The van der Waals surface area contributed by atoms with Gasteiger partial charge >= 0.3 is 0 Å². The minimum atomic E-state index is 0.390. The zero-order valence-electron chi connectivity index (χ0n) is 14.8. The fourth-order valence-electron chi connectivity index (χ4n) is 4.73. The van der Waals surface area contributed by atoms with E-state index in [1.807, 2.05) is 0 Å². The molecule has 3 aliphatic rings. The van der Waals surface area contributed by atoms with Crippen LogP contribution in [0.4, 0.5) is 0 Å². The maximum absolute atomic E-state index is 12.7. The van der Waals surface area contributed by atoms with Gasteiger partial charge in [-0.2, -0.15) is 0 Å². The molecule has 0 aliphatic carbocycles. The van der Waals surface area contributed by atoms with E-state index in [-0.39, 0.29) is 0 Å². The molecule has 0 saturated carbocycles. The van der Waals surface area contributed by atoms with Crippen molar-refractivity contribution in [2.24, 2.45) is 5.92 Å². The first-order valence-electron chi connectivity index (χ1n) is 9.46. The van der Waals surface area contributed by atoms with Gasteiger partial charge in [-0.1, -0.05) is 6.92 Å². The number of hydrogen-bond donors (Lipinski definition) is 1. The summed E-state index contributed by atoms with van der Waals surface area (Å²) < 4.78 is 5.21. The third-order valence-corrected chi connectivity index (χ3v) is 6.05. The van der Waals surface area contributed by atoms with Gasteiger partial charge < -0.3 is 15.0 Å². The zero-order valence-corrected chi connectivity index (χ0v) is 14.8. The van der Waals surface area contributed by atoms with Crippen LogP contribution in [-0.4, -0.2) is 73.7 Å². The summed E-state index contributed by atoms with van der Waals surface area (Å²) in [4.78, 5) is 17.4. The molecule has 132 valence electrons. The quantitative estimate of drug-likeness (QED) is 0.804. The van der Waals surface area contributed by atoms with Crippen molar-refractivity contribution in [2.45, 2.75) is 63.6 Å². The van der Waals surface area contributed by atoms with Gasteiger partial charge in [0.1, 0.15) is 0 Å². The van der Waals surface area contributed by atoms with Crippen LogP contribution in [0.15, 0.2) is 0 Å². The minimum absolute atomic E-state index is 0.390. The Labute approximate surface area is 140 Å². The van der Waals surface area contributed by atoms with Crippen LogP contribution in [0.2, 0.25) is 0 Å². The third kappa shape index (κ3) is 4.25. The maximum Gasteiger partial charge on any atom is 0.222 e. The van der Waals surface area contributed by atoms with E-state index in [2.05, 4.69) is 22.0 Å². The highest BCUT2D eigenvalue weighted by molar-refractivity contribution is 5.76. The van der Waals surface area contributed by atoms with Crippen LogP contribution >= 0.6 is 0 Å². The van der Waals surface area contributed by atoms with Crippen molar-refractivity contribution < 1.29 is 9.53 Å². The number of nitrogens with one attached hydrogen (secondary N) is 1. The largest absolute Gasteiger partial charge is 0.383 e. The number of fused-ring (bicyclic) bond motifs is 2. The highest BCUT2D eigenvalue weighted by atomic mass is 16.5. The molecule has 3 atom stereocenters. The second-order valence-electron chi connectivity index (χ2n) is 7.61. The molecule has 0 spiro atoms. The predicted molar refractivity (Wildman–Crippen MR) is 91.4 cm³/mol. The number of nitrogens with zero attached hydrogens (tertiary/aromatic N) is 2. The molecule has 3 aliphatic heterocycles. The van der Waals surface area contributed by atoms with Crippen molar-refractivity contribution in [1.82, 2.24) is 15.1 Å². The summed E-state index contributed by atoms with van der Waals surface area (Å²) in [6, 6.07) is 1.86. The Morgan fingerprint density at radius 2 is 1.96 bits per heavy atom. The van der Waals surface area contributed by atoms with Gasteiger partial charge in [-0.05, 0) is 38.0 Å². The van der Waals surface area contributed by atoms with Crippen LogP contribution in [0.25, 0.3) is 0 Å². The van der Waals surface area contributed by atoms with Gasteiger partial charge in [-0.15, -0.1) is 0 Å². The molecule has 0 aromatic carbocycles. The third-order valence-electron chi connectivity index (χ3n) is 6.05. The van der Waals surface area contributed by atoms with E-state index in [4.69, 9.17) is 4.74 Å². The topological polar surface area (TPSA) is 44.8 Å². The molecule has 5 heteroatoms. The molecule has 3 heterocycles. The SMILES string of the molecule is CCC1CN(C(=O)CC2CC3CCC(C2)N3)CCN1CCOC. The number of piperidine rings is 1. The van der Waals surface area contributed by atoms with Gasteiger partial charge in [-0.3, -0.25) is 9.69 Å². The standard InChI is InChI=1S/C18H33N3O2/c1-3-17-13-21(7-6-20(17)8-9-23-2)18(22)12-14-10-15-4-5-16(11-14)19-15/h14-17,19H,3-13H2,1-2H3. The molecule has 3 fully saturated rings. The fourth-order valence-corrected chi connectivity index (χ4v) is 4.73. The second kappa shape index (κ2) is 7.95. The van der Waals surface area contributed by atoms with Crippen LogP contribution < -0.4 is 5.32 Å². The van der Waals surface area contributed by atoms with Gasteiger partial charge in [0, 0.05) is 57.8 Å². The van der Waals surface area contributed by atoms with Gasteiger partial charge in [-0.25, -0.2) is 0 Å². The van der Waals surface area contributed by atoms with E-state index < -0.39 is 0 Å². The highest BCUT2D eigenvalue weighted by Crippen LogP contribution is 2.33. The predicted octanol–water partition coefficient (Wildman–Crippen LogP) is 1.48. The lowest BCUT2D eigenvalue weighted by Gasteiger charge is -2.41. The molecule has 3 unspecified atom stereocenters. The van der Waals surface area contributed by atoms with Crippen molar-refractivity contribution in [3.8, 4) is 0 Å². The van der Waals surface area contributed by atoms with Gasteiger partial charge in [0.25, 0.3) is 0 Å². The van der Waals surface area contributed by atoms with Crippen LogP contribution in [0.5, 0.6) is 0 Å². The zero-order chi connectivity index (χ0) is 16.2. The first kappa shape index (κ1) is 17.2. The van der Waals surface area contributed by atoms with Crippen molar-refractivity contribution in [1.29, 1.82) is 0 Å². The highest BCUT2D eigenvalue weighted by Gasteiger charge is 2.35. The van der Waals surface area contributed by atoms with Crippen molar-refractivity contribution in [3.05, 3.63) is 0 Å². The number of methoxy groups -OCH3 is 1. The van der Waals surface area contributed by atoms with E-state index >= 15 is 0 Å². The molecule has 2 bridgehead atoms. The molecule has 0 aromatic rings. The lowest BCUT2D eigenvalue weighted by Crippen LogP contribution is -2.55. The average molecular weight is 323 g/mol. The Kier molecular flexibility index (Phi) is 5.94. The molecule has 23 heavy (non-hydrogen) atoms. The molecule has 3 rings (SSSR count). The first-order chi connectivity index (χ1) is 11.2. The van der Waals surface area contributed by atoms with Gasteiger partial charge in [0.05, 0.1) is 6.61 Å². The second-order valence-corrected chi connectivity index (χ2v) is 7.61. The molecule has 0 radical (unpaired) electrons. The molecule has 5 nitrogen and oxygen atoms in total. The molecule has 3 saturated heterocycles. The molecular weight excluding hydrogens is 290 g/mol. The van der Waals surface area contributed by atoms with Gasteiger partial charge in [0.15, 0.2) is 0 Å². The Morgan fingerprint density at radius 1 is 1.22 bits per heavy atom. The number of carbonyl (C=O) groups excluding carboxylic acids is 1. The monoisotopic (exact) mass is 323 g/mol. The van der Waals surface area contributed by atoms with E-state index in [0.29, 0.717) is 30.0 Å². The van der Waals surface area contributed by atoms with Crippen LogP contribution in [0.1, 0.15) is 45.4 Å². The number of amides is 1. The molecule has 1 amide bonds. The Bertz CT molecular complexity index is 392. The Balaban J connectivity index is 1.48. The minimum Gasteiger partial charge on any atom is -0.383 e. The van der Waals surface area contributed by atoms with Crippen LogP contribution in [0, 0.1) is 5.92 Å².